The molecule has 2 heterocycles. The van der Waals surface area contributed by atoms with Crippen LogP contribution in [0.2, 0.25) is 0 Å². The fourth-order valence-corrected chi connectivity index (χ4v) is 4.09. The Bertz CT molecular complexity index is 660. The summed E-state index contributed by atoms with van der Waals surface area (Å²) in [5, 5.41) is 20.7. The number of carbonyl (C=O) groups is 1. The summed E-state index contributed by atoms with van der Waals surface area (Å²) in [4.78, 5) is 16.9. The second kappa shape index (κ2) is 8.46. The van der Waals surface area contributed by atoms with E-state index in [1.807, 2.05) is 18.2 Å². The first-order valence-electron chi connectivity index (χ1n) is 9.59. The van der Waals surface area contributed by atoms with Crippen molar-refractivity contribution in [3.05, 3.63) is 23.8 Å². The molecule has 7 nitrogen and oxygen atoms in total. The molecule has 2 N–H and O–H groups in total. The van der Waals surface area contributed by atoms with Gasteiger partial charge in [-0.3, -0.25) is 9.69 Å². The second-order valence-corrected chi connectivity index (χ2v) is 7.52. The van der Waals surface area contributed by atoms with Crippen molar-refractivity contribution in [1.29, 1.82) is 0 Å². The Morgan fingerprint density at radius 2 is 1.93 bits per heavy atom. The van der Waals surface area contributed by atoms with Crippen molar-refractivity contribution in [3.8, 4) is 11.5 Å². The fraction of sp³-hybridized carbons (Fsp3) is 0.650. The van der Waals surface area contributed by atoms with E-state index in [9.17, 15) is 15.0 Å². The highest BCUT2D eigenvalue weighted by Gasteiger charge is 2.43. The monoisotopic (exact) mass is 378 g/mol. The topological polar surface area (TPSA) is 82.5 Å². The lowest BCUT2D eigenvalue weighted by atomic mass is 9.90. The SMILES string of the molecule is COc1cccc(CN2CCCC(O)(CN3CCC(O)CC3)C2=O)c1OC. The molecule has 2 aliphatic heterocycles. The first-order chi connectivity index (χ1) is 13.0. The van der Waals surface area contributed by atoms with Crippen LogP contribution in [0.4, 0.5) is 0 Å². The van der Waals surface area contributed by atoms with E-state index >= 15 is 0 Å². The molecule has 1 unspecified atom stereocenters. The highest BCUT2D eigenvalue weighted by atomic mass is 16.5. The summed E-state index contributed by atoms with van der Waals surface area (Å²) in [5.74, 6) is 1.01. The van der Waals surface area contributed by atoms with Crippen molar-refractivity contribution in [2.24, 2.45) is 0 Å². The summed E-state index contributed by atoms with van der Waals surface area (Å²) in [6.45, 7) is 2.73. The molecule has 1 amide bonds. The number of hydrogen-bond acceptors (Lipinski definition) is 6. The van der Waals surface area contributed by atoms with Crippen LogP contribution < -0.4 is 9.47 Å². The summed E-state index contributed by atoms with van der Waals surface area (Å²) in [5.41, 5.74) is -0.511. The Morgan fingerprint density at radius 3 is 2.59 bits per heavy atom. The second-order valence-electron chi connectivity index (χ2n) is 7.52. The molecular weight excluding hydrogens is 348 g/mol. The van der Waals surface area contributed by atoms with Crippen molar-refractivity contribution in [2.75, 3.05) is 40.4 Å². The number of aliphatic hydroxyl groups excluding tert-OH is 1. The molecule has 2 saturated heterocycles. The lowest BCUT2D eigenvalue weighted by molar-refractivity contribution is -0.160. The number of hydrogen-bond donors (Lipinski definition) is 2. The van der Waals surface area contributed by atoms with Crippen LogP contribution >= 0.6 is 0 Å². The van der Waals surface area contributed by atoms with Gasteiger partial charge in [0.15, 0.2) is 17.1 Å². The summed E-state index contributed by atoms with van der Waals surface area (Å²) in [6.07, 6.45) is 2.33. The van der Waals surface area contributed by atoms with Crippen LogP contribution in [0.15, 0.2) is 18.2 Å². The van der Waals surface area contributed by atoms with Gasteiger partial charge in [0, 0.05) is 38.3 Å². The standard InChI is InChI=1S/C20H30N2O5/c1-26-17-6-3-5-15(18(17)27-2)13-22-10-4-9-20(25,19(22)24)14-21-11-7-16(23)8-12-21/h3,5-6,16,23,25H,4,7-14H2,1-2H3. The molecule has 0 bridgehead atoms. The van der Waals surface area contributed by atoms with E-state index in [0.29, 0.717) is 63.5 Å². The van der Waals surface area contributed by atoms with Gasteiger partial charge in [0.2, 0.25) is 0 Å². The molecule has 0 radical (unpaired) electrons. The van der Waals surface area contributed by atoms with E-state index in [1.54, 1.807) is 19.1 Å². The number of likely N-dealkylation sites (tertiary alicyclic amines) is 2. The van der Waals surface area contributed by atoms with Gasteiger partial charge in [-0.1, -0.05) is 12.1 Å². The number of amides is 1. The Labute approximate surface area is 160 Å². The van der Waals surface area contributed by atoms with Gasteiger partial charge in [0.1, 0.15) is 0 Å². The molecule has 2 aliphatic rings. The lowest BCUT2D eigenvalue weighted by Crippen LogP contribution is -2.59. The number of nitrogens with zero attached hydrogens (tertiary/aromatic N) is 2. The first-order valence-corrected chi connectivity index (χ1v) is 9.59. The minimum atomic E-state index is -1.37. The van der Waals surface area contributed by atoms with Gasteiger partial charge in [0.25, 0.3) is 5.91 Å². The minimum absolute atomic E-state index is 0.232. The molecule has 7 heteroatoms. The number of carbonyl (C=O) groups excluding carboxylic acids is 1. The number of ether oxygens (including phenoxy) is 2. The molecule has 3 rings (SSSR count). The molecule has 1 aromatic carbocycles. The maximum absolute atomic E-state index is 13.1. The predicted molar refractivity (Wildman–Crippen MR) is 101 cm³/mol. The Hall–Kier alpha value is -1.83. The molecule has 150 valence electrons. The highest BCUT2D eigenvalue weighted by Crippen LogP contribution is 2.33. The van der Waals surface area contributed by atoms with Gasteiger partial charge < -0.3 is 24.6 Å². The molecule has 0 saturated carbocycles. The van der Waals surface area contributed by atoms with Crippen molar-refractivity contribution in [2.45, 2.75) is 43.9 Å². The average molecular weight is 378 g/mol. The number of piperidine rings is 2. The molecule has 0 aromatic heterocycles. The number of benzene rings is 1. The molecule has 0 aliphatic carbocycles. The van der Waals surface area contributed by atoms with E-state index in [4.69, 9.17) is 9.47 Å². The number of β-amino-alcohol motifs (C(OH)–C–C–N with tert-alkyl or cyclic N) is 1. The smallest absolute Gasteiger partial charge is 0.256 e. The average Bonchev–Trinajstić information content (AvgIpc) is 2.67. The zero-order valence-electron chi connectivity index (χ0n) is 16.2. The van der Waals surface area contributed by atoms with Crippen LogP contribution in [0.1, 0.15) is 31.2 Å². The first kappa shape index (κ1) is 19.9. The van der Waals surface area contributed by atoms with Gasteiger partial charge in [0.05, 0.1) is 20.3 Å². The zero-order chi connectivity index (χ0) is 19.4. The van der Waals surface area contributed by atoms with Gasteiger partial charge >= 0.3 is 0 Å². The summed E-state index contributed by atoms with van der Waals surface area (Å²) >= 11 is 0. The highest BCUT2D eigenvalue weighted by molar-refractivity contribution is 5.86. The van der Waals surface area contributed by atoms with Gasteiger partial charge in [-0.2, -0.15) is 0 Å². The largest absolute Gasteiger partial charge is 0.493 e. The Balaban J connectivity index is 1.71. The molecule has 0 spiro atoms. The quantitative estimate of drug-likeness (QED) is 0.769. The maximum atomic E-state index is 13.1. The predicted octanol–water partition coefficient (Wildman–Crippen LogP) is 1.01. The van der Waals surface area contributed by atoms with Gasteiger partial charge in [-0.15, -0.1) is 0 Å². The van der Waals surface area contributed by atoms with Crippen molar-refractivity contribution >= 4 is 5.91 Å². The summed E-state index contributed by atoms with van der Waals surface area (Å²) < 4.78 is 10.8. The zero-order valence-corrected chi connectivity index (χ0v) is 16.2. The fourth-order valence-electron chi connectivity index (χ4n) is 4.09. The van der Waals surface area contributed by atoms with Crippen LogP contribution in [0.25, 0.3) is 0 Å². The van der Waals surface area contributed by atoms with Crippen LogP contribution in [0, 0.1) is 0 Å². The summed E-state index contributed by atoms with van der Waals surface area (Å²) in [7, 11) is 3.17. The van der Waals surface area contributed by atoms with Crippen molar-refractivity contribution in [1.82, 2.24) is 9.80 Å². The third kappa shape index (κ3) is 4.36. The molecule has 27 heavy (non-hydrogen) atoms. The van der Waals surface area contributed by atoms with Gasteiger partial charge in [-0.25, -0.2) is 0 Å². The van der Waals surface area contributed by atoms with E-state index in [-0.39, 0.29) is 12.0 Å². The third-order valence-corrected chi connectivity index (χ3v) is 5.59. The molecular formula is C20H30N2O5. The van der Waals surface area contributed by atoms with E-state index < -0.39 is 5.60 Å². The van der Waals surface area contributed by atoms with Crippen molar-refractivity contribution < 1.29 is 24.5 Å². The Morgan fingerprint density at radius 1 is 1.19 bits per heavy atom. The summed E-state index contributed by atoms with van der Waals surface area (Å²) in [6, 6.07) is 5.60. The van der Waals surface area contributed by atoms with E-state index in [2.05, 4.69) is 4.90 Å². The minimum Gasteiger partial charge on any atom is -0.493 e. The maximum Gasteiger partial charge on any atom is 0.256 e. The van der Waals surface area contributed by atoms with E-state index in [1.165, 1.54) is 0 Å². The third-order valence-electron chi connectivity index (χ3n) is 5.59. The van der Waals surface area contributed by atoms with Crippen molar-refractivity contribution in [3.63, 3.8) is 0 Å². The number of aliphatic hydroxyl groups is 2. The molecule has 1 atom stereocenters. The van der Waals surface area contributed by atoms with Crippen LogP contribution in [0.3, 0.4) is 0 Å². The molecule has 1 aromatic rings. The van der Waals surface area contributed by atoms with Crippen LogP contribution in [0.5, 0.6) is 11.5 Å². The molecule has 2 fully saturated rings. The van der Waals surface area contributed by atoms with E-state index in [0.717, 1.165) is 12.0 Å². The van der Waals surface area contributed by atoms with Gasteiger partial charge in [-0.05, 0) is 31.7 Å². The normalized spacial score (nSPS) is 24.9. The van der Waals surface area contributed by atoms with Crippen LogP contribution in [-0.4, -0.2) is 78.0 Å². The number of rotatable bonds is 6. The lowest BCUT2D eigenvalue weighted by Gasteiger charge is -2.42. The van der Waals surface area contributed by atoms with Crippen LogP contribution in [-0.2, 0) is 11.3 Å². The number of para-hydroxylation sites is 1. The number of methoxy groups -OCH3 is 2. The Kier molecular flexibility index (Phi) is 6.24.